The Morgan fingerprint density at radius 3 is 2.37 bits per heavy atom. The molecule has 5 heteroatoms. The predicted octanol–water partition coefficient (Wildman–Crippen LogP) is 3.32. The summed E-state index contributed by atoms with van der Waals surface area (Å²) in [6.45, 7) is 5.18. The van der Waals surface area contributed by atoms with E-state index in [9.17, 15) is 9.90 Å². The lowest BCUT2D eigenvalue weighted by Gasteiger charge is -2.23. The van der Waals surface area contributed by atoms with Gasteiger partial charge < -0.3 is 14.6 Å². The molecule has 19 heavy (non-hydrogen) atoms. The van der Waals surface area contributed by atoms with Gasteiger partial charge in [0, 0.05) is 16.7 Å². The highest BCUT2D eigenvalue weighted by atomic mass is 35.5. The maximum absolute atomic E-state index is 11.3. The van der Waals surface area contributed by atoms with Gasteiger partial charge in [-0.3, -0.25) is 4.79 Å². The van der Waals surface area contributed by atoms with Crippen LogP contribution in [0, 0.1) is 12.3 Å². The zero-order chi connectivity index (χ0) is 14.8. The number of carboxylic acids is 1. The van der Waals surface area contributed by atoms with Gasteiger partial charge in [0.1, 0.15) is 0 Å². The number of carbonyl (C=O) groups is 1. The summed E-state index contributed by atoms with van der Waals surface area (Å²) in [5, 5.41) is 9.78. The standard InChI is InChI=1S/C14H19ClO4/c1-8-9(7-14(2,3)13(16)17)12(19-5)11(18-4)6-10(8)15/h6H,7H2,1-5H3,(H,16,17). The number of halogens is 1. The number of ether oxygens (including phenoxy) is 2. The van der Waals surface area contributed by atoms with E-state index in [1.54, 1.807) is 19.9 Å². The molecule has 1 aromatic rings. The molecule has 0 amide bonds. The lowest BCUT2D eigenvalue weighted by Crippen LogP contribution is -2.26. The quantitative estimate of drug-likeness (QED) is 0.902. The molecule has 0 aliphatic rings. The largest absolute Gasteiger partial charge is 0.493 e. The molecule has 0 atom stereocenters. The van der Waals surface area contributed by atoms with Crippen LogP contribution in [0.25, 0.3) is 0 Å². The summed E-state index contributed by atoms with van der Waals surface area (Å²) in [5.41, 5.74) is 0.668. The molecule has 0 radical (unpaired) electrons. The molecule has 0 spiro atoms. The highest BCUT2D eigenvalue weighted by Gasteiger charge is 2.31. The molecule has 4 nitrogen and oxygen atoms in total. The van der Waals surface area contributed by atoms with E-state index in [1.807, 2.05) is 6.92 Å². The number of carboxylic acid groups (broad SMARTS) is 1. The SMILES string of the molecule is COc1cc(Cl)c(C)c(CC(C)(C)C(=O)O)c1OC. The van der Waals surface area contributed by atoms with Gasteiger partial charge >= 0.3 is 5.97 Å². The van der Waals surface area contributed by atoms with E-state index < -0.39 is 11.4 Å². The number of methoxy groups -OCH3 is 2. The Hall–Kier alpha value is -1.42. The Morgan fingerprint density at radius 1 is 1.37 bits per heavy atom. The average molecular weight is 287 g/mol. The van der Waals surface area contributed by atoms with E-state index in [4.69, 9.17) is 21.1 Å². The fraction of sp³-hybridized carbons (Fsp3) is 0.500. The Morgan fingerprint density at radius 2 is 1.95 bits per heavy atom. The minimum absolute atomic E-state index is 0.314. The van der Waals surface area contributed by atoms with E-state index in [0.717, 1.165) is 11.1 Å². The van der Waals surface area contributed by atoms with Crippen LogP contribution in [-0.2, 0) is 11.2 Å². The van der Waals surface area contributed by atoms with Crippen molar-refractivity contribution in [1.29, 1.82) is 0 Å². The Labute approximate surface area is 118 Å². The Bertz CT molecular complexity index is 495. The summed E-state index contributed by atoms with van der Waals surface area (Å²) in [7, 11) is 3.05. The molecule has 0 aliphatic carbocycles. The predicted molar refractivity (Wildman–Crippen MR) is 74.4 cm³/mol. The van der Waals surface area contributed by atoms with Crippen molar-refractivity contribution in [2.24, 2.45) is 5.41 Å². The van der Waals surface area contributed by atoms with Gasteiger partial charge in [0.25, 0.3) is 0 Å². The molecule has 0 aromatic heterocycles. The van der Waals surface area contributed by atoms with E-state index in [2.05, 4.69) is 0 Å². The number of hydrogen-bond acceptors (Lipinski definition) is 3. The van der Waals surface area contributed by atoms with Crippen molar-refractivity contribution in [3.05, 3.63) is 22.2 Å². The summed E-state index contributed by atoms with van der Waals surface area (Å²) in [6, 6.07) is 1.67. The molecule has 106 valence electrons. The molecule has 0 fully saturated rings. The molecule has 0 heterocycles. The first-order valence-corrected chi connectivity index (χ1v) is 6.25. The molecule has 1 N–H and O–H groups in total. The first-order valence-electron chi connectivity index (χ1n) is 5.88. The molecule has 0 unspecified atom stereocenters. The third-order valence-corrected chi connectivity index (χ3v) is 3.58. The molecular weight excluding hydrogens is 268 g/mol. The van der Waals surface area contributed by atoms with Crippen LogP contribution in [0.15, 0.2) is 6.07 Å². The first kappa shape index (κ1) is 15.6. The van der Waals surface area contributed by atoms with Gasteiger partial charge in [-0.05, 0) is 32.8 Å². The van der Waals surface area contributed by atoms with E-state index in [0.29, 0.717) is 22.9 Å². The van der Waals surface area contributed by atoms with Crippen LogP contribution >= 0.6 is 11.6 Å². The molecular formula is C14H19ClO4. The van der Waals surface area contributed by atoms with Gasteiger partial charge in [0.15, 0.2) is 11.5 Å². The molecule has 0 saturated heterocycles. The maximum atomic E-state index is 11.3. The minimum Gasteiger partial charge on any atom is -0.493 e. The average Bonchev–Trinajstić information content (AvgIpc) is 2.34. The van der Waals surface area contributed by atoms with Crippen LogP contribution in [-0.4, -0.2) is 25.3 Å². The third kappa shape index (κ3) is 3.13. The van der Waals surface area contributed by atoms with Gasteiger partial charge in [0.2, 0.25) is 0 Å². The van der Waals surface area contributed by atoms with Crippen molar-refractivity contribution < 1.29 is 19.4 Å². The molecule has 0 bridgehead atoms. The number of hydrogen-bond donors (Lipinski definition) is 1. The zero-order valence-corrected chi connectivity index (χ0v) is 12.6. The fourth-order valence-corrected chi connectivity index (χ4v) is 2.07. The second-order valence-corrected chi connectivity index (χ2v) is 5.47. The highest BCUT2D eigenvalue weighted by Crippen LogP contribution is 2.40. The monoisotopic (exact) mass is 286 g/mol. The van der Waals surface area contributed by atoms with Crippen molar-refractivity contribution in [1.82, 2.24) is 0 Å². The molecule has 0 saturated carbocycles. The summed E-state index contributed by atoms with van der Waals surface area (Å²) < 4.78 is 10.6. The van der Waals surface area contributed by atoms with E-state index in [1.165, 1.54) is 14.2 Å². The van der Waals surface area contributed by atoms with Crippen LogP contribution in [0.2, 0.25) is 5.02 Å². The second kappa shape index (κ2) is 5.70. The van der Waals surface area contributed by atoms with Crippen LogP contribution in [0.3, 0.4) is 0 Å². The van der Waals surface area contributed by atoms with Gasteiger partial charge in [-0.15, -0.1) is 0 Å². The second-order valence-electron chi connectivity index (χ2n) is 5.06. The Balaban J connectivity index is 3.40. The number of rotatable bonds is 5. The van der Waals surface area contributed by atoms with Gasteiger partial charge in [-0.25, -0.2) is 0 Å². The lowest BCUT2D eigenvalue weighted by molar-refractivity contribution is -0.146. The summed E-state index contributed by atoms with van der Waals surface area (Å²) in [4.78, 5) is 11.3. The first-order chi connectivity index (χ1) is 8.74. The van der Waals surface area contributed by atoms with Crippen LogP contribution < -0.4 is 9.47 Å². The number of benzene rings is 1. The Kier molecular flexibility index (Phi) is 4.69. The van der Waals surface area contributed by atoms with Gasteiger partial charge in [-0.2, -0.15) is 0 Å². The molecule has 1 rings (SSSR count). The van der Waals surface area contributed by atoms with Gasteiger partial charge in [0.05, 0.1) is 19.6 Å². The van der Waals surface area contributed by atoms with Crippen molar-refractivity contribution >= 4 is 17.6 Å². The van der Waals surface area contributed by atoms with Crippen molar-refractivity contribution in [2.45, 2.75) is 27.2 Å². The highest BCUT2D eigenvalue weighted by molar-refractivity contribution is 6.31. The van der Waals surface area contributed by atoms with Gasteiger partial charge in [-0.1, -0.05) is 11.6 Å². The normalized spacial score (nSPS) is 11.3. The van der Waals surface area contributed by atoms with Crippen LogP contribution in [0.4, 0.5) is 0 Å². The fourth-order valence-electron chi connectivity index (χ4n) is 1.86. The number of aliphatic carboxylic acids is 1. The van der Waals surface area contributed by atoms with Crippen molar-refractivity contribution in [3.8, 4) is 11.5 Å². The molecule has 1 aromatic carbocycles. The smallest absolute Gasteiger partial charge is 0.309 e. The van der Waals surface area contributed by atoms with Crippen LogP contribution in [0.1, 0.15) is 25.0 Å². The van der Waals surface area contributed by atoms with Crippen molar-refractivity contribution in [3.63, 3.8) is 0 Å². The topological polar surface area (TPSA) is 55.8 Å². The summed E-state index contributed by atoms with van der Waals surface area (Å²) in [5.74, 6) is 0.181. The lowest BCUT2D eigenvalue weighted by atomic mass is 9.84. The van der Waals surface area contributed by atoms with E-state index >= 15 is 0 Å². The van der Waals surface area contributed by atoms with Crippen molar-refractivity contribution in [2.75, 3.05) is 14.2 Å². The zero-order valence-electron chi connectivity index (χ0n) is 11.8. The molecule has 0 aliphatic heterocycles. The summed E-state index contributed by atoms with van der Waals surface area (Å²) >= 11 is 6.15. The van der Waals surface area contributed by atoms with E-state index in [-0.39, 0.29) is 0 Å². The maximum Gasteiger partial charge on any atom is 0.309 e. The minimum atomic E-state index is -0.909. The summed E-state index contributed by atoms with van der Waals surface area (Å²) in [6.07, 6.45) is 0.314. The van der Waals surface area contributed by atoms with Crippen LogP contribution in [0.5, 0.6) is 11.5 Å². The third-order valence-electron chi connectivity index (χ3n) is 3.19.